The highest BCUT2D eigenvalue weighted by molar-refractivity contribution is 5.69. The molecule has 0 fully saturated rings. The molecule has 5 heteroatoms. The Bertz CT molecular complexity index is 4510. The quantitative estimate of drug-likeness (QED) is 0.153. The number of aromatic nitrogens is 5. The lowest BCUT2D eigenvalue weighted by Gasteiger charge is -2.18. The van der Waals surface area contributed by atoms with Crippen molar-refractivity contribution in [2.45, 2.75) is 185 Å². The largest absolute Gasteiger partial charge is 0.216 e. The monoisotopic (exact) mass is 1230 g/mol. The minimum atomic E-state index is -1.20. The normalized spacial score (nSPS) is 14.9. The summed E-state index contributed by atoms with van der Waals surface area (Å²) in [6.07, 6.45) is 30.4. The number of pyridine rings is 5. The number of nitrogens with zero attached hydrogens (tertiary/aromatic N) is 5. The third kappa shape index (κ3) is 15.3. The van der Waals surface area contributed by atoms with Gasteiger partial charge in [0.05, 0.1) is 0 Å². The van der Waals surface area contributed by atoms with Gasteiger partial charge < -0.3 is 0 Å². The molecule has 15 rings (SSSR count). The molecule has 93 heavy (non-hydrogen) atoms. The fourth-order valence-corrected chi connectivity index (χ4v) is 15.6. The smallest absolute Gasteiger partial charge is 0.201 e. The molecule has 5 aliphatic carbocycles. The summed E-state index contributed by atoms with van der Waals surface area (Å²) in [7, 11) is 10.7. The zero-order valence-electron chi connectivity index (χ0n) is 61.2. The van der Waals surface area contributed by atoms with Gasteiger partial charge in [0.15, 0.2) is 31.0 Å². The Labute approximate surface area is 562 Å². The molecule has 0 aliphatic heterocycles. The molecule has 10 aromatic rings. The lowest BCUT2D eigenvalue weighted by molar-refractivity contribution is -0.661. The Hall–Kier alpha value is -8.15. The molecule has 0 saturated heterocycles. The minimum Gasteiger partial charge on any atom is -0.201 e. The molecule has 0 amide bonds. The Kier molecular flexibility index (Phi) is 20.1. The first-order valence-electron chi connectivity index (χ1n) is 36.0. The number of aryl methyl sites for hydroxylation is 23. The van der Waals surface area contributed by atoms with Gasteiger partial charge in [-0.05, 0) is 271 Å². The Morgan fingerprint density at radius 1 is 0.258 bits per heavy atom. The summed E-state index contributed by atoms with van der Waals surface area (Å²) in [4.78, 5) is 0. The fraction of sp³-hybridized carbons (Fsp3) is 0.375. The molecule has 478 valence electrons. The molecule has 5 aromatic carbocycles. The predicted octanol–water partition coefficient (Wildman–Crippen LogP) is 17.6. The van der Waals surface area contributed by atoms with Crippen molar-refractivity contribution in [1.82, 2.24) is 0 Å². The maximum atomic E-state index is 8.28. The van der Waals surface area contributed by atoms with Crippen molar-refractivity contribution in [3.63, 3.8) is 0 Å². The van der Waals surface area contributed by atoms with Crippen LogP contribution in [-0.4, -0.2) is 0 Å². The van der Waals surface area contributed by atoms with E-state index < -0.39 is 6.37 Å². The van der Waals surface area contributed by atoms with Crippen molar-refractivity contribution in [3.8, 4) is 56.3 Å². The molecular weight excluding hydrogens is 1130 g/mol. The molecule has 5 aromatic heterocycles. The van der Waals surface area contributed by atoms with Gasteiger partial charge in [-0.25, -0.2) is 22.8 Å². The van der Waals surface area contributed by atoms with Crippen LogP contribution in [-0.2, 0) is 99.4 Å². The summed E-state index contributed by atoms with van der Waals surface area (Å²) >= 11 is 0. The van der Waals surface area contributed by atoms with Crippen LogP contribution in [0.1, 0.15) is 165 Å². The lowest BCUT2D eigenvalue weighted by Crippen LogP contribution is -2.33. The third-order valence-corrected chi connectivity index (χ3v) is 20.5. The third-order valence-electron chi connectivity index (χ3n) is 20.5. The van der Waals surface area contributed by atoms with E-state index in [4.69, 9.17) is 2.74 Å². The van der Waals surface area contributed by atoms with Crippen LogP contribution in [0.25, 0.3) is 56.3 Å². The van der Waals surface area contributed by atoms with Gasteiger partial charge in [-0.15, -0.1) is 0 Å². The summed E-state index contributed by atoms with van der Waals surface area (Å²) in [6.45, 7) is 21.7. The number of hydrogen-bond acceptors (Lipinski definition) is 0. The highest BCUT2D eigenvalue weighted by Crippen LogP contribution is 2.35. The summed E-state index contributed by atoms with van der Waals surface area (Å²) in [5.41, 5.74) is 41.1. The maximum Gasteiger partial charge on any atom is 0.216 e. The standard InChI is InChI=1S/3C18H22N.2C17H20N/c2*1-13-8-9-17(14(2)10-13)18-11-15-6-4-5-7-16(15)12-19(18)3;1-13-8-9-16(14(2)12-13)18-17-7-5-4-6-15(17)10-11-19(18)3;1-12-7-8-16(13(2)9-12)17-10-14-5-4-6-15(14)11-18(17)3;1-12-7-8-15(13(2)11-12)17-16-6-4-5-14(16)9-10-18(17)3/h3*8-12H,4-7H2,1-3H3;2*7-11H,4-6H2,1-3H3/q5*+1/i6D2;;;;. The first-order chi connectivity index (χ1) is 45.5. The van der Waals surface area contributed by atoms with Crippen LogP contribution in [0.4, 0.5) is 0 Å². The van der Waals surface area contributed by atoms with Gasteiger partial charge in [0.25, 0.3) is 0 Å². The van der Waals surface area contributed by atoms with E-state index in [1.54, 1.807) is 38.9 Å². The molecular formula is C88H106N5+5. The molecule has 0 bridgehead atoms. The first-order valence-corrected chi connectivity index (χ1v) is 35.0. The molecule has 0 saturated carbocycles. The van der Waals surface area contributed by atoms with Gasteiger partial charge in [-0.3, -0.25) is 0 Å². The molecule has 5 aliphatic rings. The highest BCUT2D eigenvalue weighted by atomic mass is 14.9. The van der Waals surface area contributed by atoms with E-state index in [0.29, 0.717) is 6.42 Å². The van der Waals surface area contributed by atoms with Gasteiger partial charge in [-0.2, -0.15) is 0 Å². The van der Waals surface area contributed by atoms with Gasteiger partial charge >= 0.3 is 0 Å². The Morgan fingerprint density at radius 3 is 0.935 bits per heavy atom. The second-order valence-corrected chi connectivity index (χ2v) is 28.2. The van der Waals surface area contributed by atoms with E-state index >= 15 is 0 Å². The summed E-state index contributed by atoms with van der Waals surface area (Å²) < 4.78 is 27.8. The lowest BCUT2D eigenvalue weighted by atomic mass is 9.87. The highest BCUT2D eigenvalue weighted by Gasteiger charge is 2.27. The topological polar surface area (TPSA) is 19.4 Å². The first kappa shape index (κ1) is 63.6. The van der Waals surface area contributed by atoms with Crippen LogP contribution in [0, 0.1) is 69.2 Å². The van der Waals surface area contributed by atoms with E-state index in [0.717, 1.165) is 29.7 Å². The van der Waals surface area contributed by atoms with Gasteiger partial charge in [0.1, 0.15) is 35.2 Å². The van der Waals surface area contributed by atoms with Crippen molar-refractivity contribution in [1.29, 1.82) is 0 Å². The van der Waals surface area contributed by atoms with Gasteiger partial charge in [0, 0.05) is 88.7 Å². The van der Waals surface area contributed by atoms with Crippen LogP contribution >= 0.6 is 0 Å². The second-order valence-electron chi connectivity index (χ2n) is 28.2. The molecule has 0 unspecified atom stereocenters. The number of fused-ring (bicyclic) bond motifs is 5. The van der Waals surface area contributed by atoms with Crippen molar-refractivity contribution in [2.75, 3.05) is 0 Å². The maximum absolute atomic E-state index is 8.28. The van der Waals surface area contributed by atoms with Crippen molar-refractivity contribution >= 4 is 0 Å². The van der Waals surface area contributed by atoms with E-state index in [2.05, 4.69) is 280 Å². The summed E-state index contributed by atoms with van der Waals surface area (Å²) in [6, 6.07) is 44.9. The molecule has 0 atom stereocenters. The molecule has 0 spiro atoms. The zero-order valence-corrected chi connectivity index (χ0v) is 59.2. The SMILES string of the molecule is Cc1ccc(-c2c3c(cc[n+]2C)CCC3)c(C)c1.Cc1ccc(-c2c3c(cc[n+]2C)CCCC3)c(C)c1.Cc1ccc(-c2cc3c(c[n+]2C)CCC3)c(C)c1.Cc1ccc(-c2cc3c(c[n+]2C)CCCC3)c(C)c1.[2H]C1([2H])CCCc2c[n+](C)c(-c3ccc(C)cc3C)cc21. The van der Waals surface area contributed by atoms with Crippen LogP contribution in [0.5, 0.6) is 0 Å². The van der Waals surface area contributed by atoms with E-state index in [1.807, 2.05) is 0 Å². The molecule has 5 nitrogen and oxygen atoms in total. The molecule has 5 heterocycles. The van der Waals surface area contributed by atoms with E-state index in [9.17, 15) is 0 Å². The fourth-order valence-electron chi connectivity index (χ4n) is 15.6. The van der Waals surface area contributed by atoms with E-state index in [1.165, 1.54) is 202 Å². The number of benzene rings is 5. The zero-order chi connectivity index (χ0) is 67.4. The second kappa shape index (κ2) is 29.4. The van der Waals surface area contributed by atoms with Crippen LogP contribution in [0.3, 0.4) is 0 Å². The average molecular weight is 1240 g/mol. The van der Waals surface area contributed by atoms with Crippen LogP contribution < -0.4 is 22.8 Å². The Balaban J connectivity index is 0.000000121. The Morgan fingerprint density at radius 2 is 0.538 bits per heavy atom. The van der Waals surface area contributed by atoms with Gasteiger partial charge in [-0.1, -0.05) is 88.5 Å². The van der Waals surface area contributed by atoms with Crippen molar-refractivity contribution < 1.29 is 25.6 Å². The average Bonchev–Trinajstić information content (AvgIpc) is 1.50. The summed E-state index contributed by atoms with van der Waals surface area (Å²) in [5.74, 6) is 0. The van der Waals surface area contributed by atoms with Crippen LogP contribution in [0.2, 0.25) is 0 Å². The predicted molar refractivity (Wildman–Crippen MR) is 387 cm³/mol. The number of rotatable bonds is 5. The van der Waals surface area contributed by atoms with Crippen molar-refractivity contribution in [3.05, 3.63) is 264 Å². The molecule has 0 N–H and O–H groups in total. The molecule has 0 radical (unpaired) electrons. The van der Waals surface area contributed by atoms with E-state index in [-0.39, 0.29) is 0 Å². The van der Waals surface area contributed by atoms with Crippen molar-refractivity contribution in [2.24, 2.45) is 35.2 Å². The summed E-state index contributed by atoms with van der Waals surface area (Å²) in [5, 5.41) is 0. The van der Waals surface area contributed by atoms with Crippen LogP contribution in [0.15, 0.2) is 152 Å². The minimum absolute atomic E-state index is 0.625. The number of hydrogen-bond donors (Lipinski definition) is 0. The van der Waals surface area contributed by atoms with Gasteiger partial charge in [0.2, 0.25) is 28.5 Å².